The van der Waals surface area contributed by atoms with Crippen molar-refractivity contribution in [2.75, 3.05) is 50.7 Å². The van der Waals surface area contributed by atoms with Gasteiger partial charge in [-0.05, 0) is 61.8 Å². The highest BCUT2D eigenvalue weighted by atomic mass is 35.5. The fourth-order valence-corrected chi connectivity index (χ4v) is 5.00. The van der Waals surface area contributed by atoms with Crippen LogP contribution in [0.2, 0.25) is 10.0 Å². The number of hydrogen-bond acceptors (Lipinski definition) is 8. The number of ether oxygens (including phenoxy) is 1. The van der Waals surface area contributed by atoms with Crippen LogP contribution < -0.4 is 20.3 Å². The smallest absolute Gasteiger partial charge is 0.322 e. The number of anilines is 1. The van der Waals surface area contributed by atoms with Crippen LogP contribution in [0.4, 0.5) is 5.82 Å². The number of piperazine rings is 1. The molecule has 3 aromatic rings. The number of benzene rings is 1. The van der Waals surface area contributed by atoms with Gasteiger partial charge in [-0.25, -0.2) is 4.98 Å². The Hall–Kier alpha value is -2.98. The van der Waals surface area contributed by atoms with Crippen molar-refractivity contribution >= 4 is 34.9 Å². The summed E-state index contributed by atoms with van der Waals surface area (Å²) in [6.45, 7) is 12.5. The molecule has 4 rings (SSSR count). The summed E-state index contributed by atoms with van der Waals surface area (Å²) < 4.78 is 6.11. The maximum atomic E-state index is 11.3. The molecule has 1 amide bonds. The summed E-state index contributed by atoms with van der Waals surface area (Å²) in [6, 6.07) is 11.4. The minimum absolute atomic E-state index is 0.00463. The standard InChI is InChI=1S/C29H37Cl2N7O2/c1-4-37(10-7-20(2)17-33-21(3)39)19-25-16-27(22-13-23(30)15-24(31)14-22)36-29(35-25)40-26-5-6-28(34-18-26)38-11-8-32-9-12-38/h5-6,13-16,18,20,32H,4,7-12,17,19H2,1-3H3,(H,33,39). The van der Waals surface area contributed by atoms with E-state index in [4.69, 9.17) is 32.9 Å². The van der Waals surface area contributed by atoms with Gasteiger partial charge in [-0.1, -0.05) is 37.0 Å². The second-order valence-electron chi connectivity index (χ2n) is 10.1. The molecule has 214 valence electrons. The molecule has 1 aliphatic rings. The van der Waals surface area contributed by atoms with Crippen LogP contribution in [-0.2, 0) is 11.3 Å². The van der Waals surface area contributed by atoms with E-state index in [1.165, 1.54) is 0 Å². The maximum Gasteiger partial charge on any atom is 0.322 e. The topological polar surface area (TPSA) is 95.5 Å². The lowest BCUT2D eigenvalue weighted by Crippen LogP contribution is -2.43. The third-order valence-corrected chi connectivity index (χ3v) is 7.19. The number of carbonyl (C=O) groups is 1. The van der Waals surface area contributed by atoms with Gasteiger partial charge in [-0.15, -0.1) is 0 Å². The van der Waals surface area contributed by atoms with E-state index < -0.39 is 0 Å². The lowest BCUT2D eigenvalue weighted by molar-refractivity contribution is -0.119. The molecule has 3 heterocycles. The highest BCUT2D eigenvalue weighted by Gasteiger charge is 2.15. The Morgan fingerprint density at radius 3 is 2.55 bits per heavy atom. The third kappa shape index (κ3) is 9.02. The molecule has 1 fully saturated rings. The van der Waals surface area contributed by atoms with Crippen LogP contribution in [0.1, 0.15) is 32.9 Å². The van der Waals surface area contributed by atoms with Gasteiger partial charge in [0.25, 0.3) is 0 Å². The summed E-state index contributed by atoms with van der Waals surface area (Å²) in [7, 11) is 0. The zero-order valence-corrected chi connectivity index (χ0v) is 24.8. The number of nitrogens with zero attached hydrogens (tertiary/aromatic N) is 5. The van der Waals surface area contributed by atoms with Crippen LogP contribution in [0.15, 0.2) is 42.6 Å². The largest absolute Gasteiger partial charge is 0.423 e. The summed E-state index contributed by atoms with van der Waals surface area (Å²) in [5, 5.41) is 7.31. The van der Waals surface area contributed by atoms with E-state index in [0.29, 0.717) is 40.5 Å². The molecule has 1 unspecified atom stereocenters. The number of carbonyl (C=O) groups excluding carboxylic acids is 1. The summed E-state index contributed by atoms with van der Waals surface area (Å²) in [6.07, 6.45) is 2.66. The number of nitrogens with one attached hydrogen (secondary N) is 2. The van der Waals surface area contributed by atoms with Crippen LogP contribution in [0.5, 0.6) is 11.8 Å². The average molecular weight is 587 g/mol. The Labute approximate surface area is 246 Å². The monoisotopic (exact) mass is 585 g/mol. The van der Waals surface area contributed by atoms with Crippen molar-refractivity contribution in [1.29, 1.82) is 0 Å². The SMILES string of the molecule is CCN(CCC(C)CNC(C)=O)Cc1cc(-c2cc(Cl)cc(Cl)c2)nc(Oc2ccc(N3CCNCC3)nc2)n1. The molecule has 0 radical (unpaired) electrons. The number of amides is 1. The van der Waals surface area contributed by atoms with E-state index in [0.717, 1.165) is 62.8 Å². The van der Waals surface area contributed by atoms with Crippen molar-refractivity contribution in [1.82, 2.24) is 30.5 Å². The van der Waals surface area contributed by atoms with Gasteiger partial charge in [0.15, 0.2) is 0 Å². The molecule has 1 saturated heterocycles. The van der Waals surface area contributed by atoms with Crippen molar-refractivity contribution < 1.29 is 9.53 Å². The van der Waals surface area contributed by atoms with E-state index in [1.54, 1.807) is 19.2 Å². The average Bonchev–Trinajstić information content (AvgIpc) is 2.94. The van der Waals surface area contributed by atoms with Gasteiger partial charge in [0.2, 0.25) is 5.91 Å². The molecule has 1 aromatic carbocycles. The molecular weight excluding hydrogens is 549 g/mol. The summed E-state index contributed by atoms with van der Waals surface area (Å²) in [4.78, 5) is 29.8. The molecule has 0 spiro atoms. The molecule has 0 bridgehead atoms. The predicted molar refractivity (Wildman–Crippen MR) is 160 cm³/mol. The Morgan fingerprint density at radius 2 is 1.90 bits per heavy atom. The van der Waals surface area contributed by atoms with Gasteiger partial charge in [0.05, 0.1) is 17.6 Å². The molecular formula is C29H37Cl2N7O2. The first-order valence-electron chi connectivity index (χ1n) is 13.7. The lowest BCUT2D eigenvalue weighted by atomic mass is 10.1. The highest BCUT2D eigenvalue weighted by Crippen LogP contribution is 2.29. The van der Waals surface area contributed by atoms with E-state index in [2.05, 4.69) is 44.2 Å². The minimum atomic E-state index is -0.00463. The first kappa shape index (κ1) is 30.0. The van der Waals surface area contributed by atoms with Crippen LogP contribution in [0.3, 0.4) is 0 Å². The molecule has 0 aliphatic carbocycles. The molecule has 40 heavy (non-hydrogen) atoms. The van der Waals surface area contributed by atoms with Crippen molar-refractivity contribution in [3.63, 3.8) is 0 Å². The number of rotatable bonds is 12. The van der Waals surface area contributed by atoms with Crippen LogP contribution in [0, 0.1) is 5.92 Å². The number of halogens is 2. The van der Waals surface area contributed by atoms with Gasteiger partial charge in [0.1, 0.15) is 11.6 Å². The second-order valence-corrected chi connectivity index (χ2v) is 10.9. The molecule has 11 heteroatoms. The van der Waals surface area contributed by atoms with Crippen LogP contribution >= 0.6 is 23.2 Å². The molecule has 1 atom stereocenters. The Kier molecular flexibility index (Phi) is 10.9. The molecule has 2 aromatic heterocycles. The Morgan fingerprint density at radius 1 is 1.15 bits per heavy atom. The first-order chi connectivity index (χ1) is 19.3. The van der Waals surface area contributed by atoms with Gasteiger partial charge in [0, 0.05) is 61.8 Å². The maximum absolute atomic E-state index is 11.3. The molecule has 9 nitrogen and oxygen atoms in total. The first-order valence-corrected chi connectivity index (χ1v) is 14.5. The summed E-state index contributed by atoms with van der Waals surface area (Å²) in [5.74, 6) is 1.84. The van der Waals surface area contributed by atoms with Crippen molar-refractivity contribution in [3.05, 3.63) is 58.3 Å². The van der Waals surface area contributed by atoms with Gasteiger partial charge in [-0.3, -0.25) is 9.69 Å². The predicted octanol–water partition coefficient (Wildman–Crippen LogP) is 5.03. The fraction of sp³-hybridized carbons (Fsp3) is 0.448. The summed E-state index contributed by atoms with van der Waals surface area (Å²) in [5.41, 5.74) is 2.27. The summed E-state index contributed by atoms with van der Waals surface area (Å²) >= 11 is 12.6. The zero-order chi connectivity index (χ0) is 28.5. The van der Waals surface area contributed by atoms with E-state index in [1.807, 2.05) is 30.3 Å². The zero-order valence-electron chi connectivity index (χ0n) is 23.3. The number of hydrogen-bond donors (Lipinski definition) is 2. The second kappa shape index (κ2) is 14.6. The highest BCUT2D eigenvalue weighted by molar-refractivity contribution is 6.35. The van der Waals surface area contributed by atoms with Gasteiger partial charge < -0.3 is 20.3 Å². The quantitative estimate of drug-likeness (QED) is 0.305. The number of pyridine rings is 1. The van der Waals surface area contributed by atoms with Crippen LogP contribution in [-0.4, -0.2) is 71.6 Å². The van der Waals surface area contributed by atoms with Crippen molar-refractivity contribution in [2.45, 2.75) is 33.7 Å². The molecule has 2 N–H and O–H groups in total. The third-order valence-electron chi connectivity index (χ3n) is 6.76. The molecule has 1 aliphatic heterocycles. The van der Waals surface area contributed by atoms with Crippen LogP contribution in [0.25, 0.3) is 11.3 Å². The lowest BCUT2D eigenvalue weighted by Gasteiger charge is -2.28. The Bertz CT molecular complexity index is 1250. The van der Waals surface area contributed by atoms with E-state index in [9.17, 15) is 4.79 Å². The normalized spacial score (nSPS) is 14.3. The van der Waals surface area contributed by atoms with E-state index in [-0.39, 0.29) is 11.9 Å². The van der Waals surface area contributed by atoms with Gasteiger partial charge >= 0.3 is 6.01 Å². The van der Waals surface area contributed by atoms with Crippen molar-refractivity contribution in [2.24, 2.45) is 5.92 Å². The minimum Gasteiger partial charge on any atom is -0.423 e. The van der Waals surface area contributed by atoms with E-state index >= 15 is 0 Å². The van der Waals surface area contributed by atoms with Crippen molar-refractivity contribution in [3.8, 4) is 23.0 Å². The molecule has 0 saturated carbocycles. The Balaban J connectivity index is 1.53. The van der Waals surface area contributed by atoms with Gasteiger partial charge in [-0.2, -0.15) is 9.97 Å². The fourth-order valence-electron chi connectivity index (χ4n) is 4.47. The number of aromatic nitrogens is 3.